The molecule has 1 saturated heterocycles. The van der Waals surface area contributed by atoms with Crippen LogP contribution < -0.4 is 0 Å². The Morgan fingerprint density at radius 3 is 2.40 bits per heavy atom. The van der Waals surface area contributed by atoms with Crippen LogP contribution in [0, 0.1) is 0 Å². The predicted molar refractivity (Wildman–Crippen MR) is 72.7 cm³/mol. The monoisotopic (exact) mass is 309 g/mol. The lowest BCUT2D eigenvalue weighted by atomic mass is 10.2. The molecule has 0 aromatic heterocycles. The highest BCUT2D eigenvalue weighted by Crippen LogP contribution is 2.29. The third kappa shape index (κ3) is 4.92. The molecule has 0 unspecified atom stereocenters. The van der Waals surface area contributed by atoms with E-state index >= 15 is 0 Å². The van der Waals surface area contributed by atoms with Crippen molar-refractivity contribution in [1.82, 2.24) is 4.90 Å². The van der Waals surface area contributed by atoms with Crippen LogP contribution in [0.2, 0.25) is 0 Å². The van der Waals surface area contributed by atoms with Gasteiger partial charge in [-0.3, -0.25) is 9.08 Å². The van der Waals surface area contributed by atoms with E-state index < -0.39 is 33.6 Å². The lowest BCUT2D eigenvalue weighted by Crippen LogP contribution is -2.51. The standard InChI is InChI=1S/C12H23NO6S/c1-11(2,3)19-10(14)13-9(7-17-12(13,4)5)8-18-20(6,15)16/h9H,7-8H2,1-6H3/t9-/m0/s1. The summed E-state index contributed by atoms with van der Waals surface area (Å²) < 4.78 is 37.7. The smallest absolute Gasteiger partial charge is 0.412 e. The summed E-state index contributed by atoms with van der Waals surface area (Å²) in [5, 5.41) is 0. The number of ether oxygens (including phenoxy) is 2. The zero-order valence-corrected chi connectivity index (χ0v) is 13.6. The van der Waals surface area contributed by atoms with Crippen molar-refractivity contribution in [3.63, 3.8) is 0 Å². The van der Waals surface area contributed by atoms with Crippen LogP contribution in [0.1, 0.15) is 34.6 Å². The Labute approximate surface area is 120 Å². The second kappa shape index (κ2) is 5.50. The highest BCUT2D eigenvalue weighted by atomic mass is 32.2. The highest BCUT2D eigenvalue weighted by molar-refractivity contribution is 7.85. The molecule has 1 fully saturated rings. The molecule has 0 spiro atoms. The fourth-order valence-corrected chi connectivity index (χ4v) is 2.29. The van der Waals surface area contributed by atoms with Crippen LogP contribution in [0.4, 0.5) is 4.79 Å². The zero-order valence-electron chi connectivity index (χ0n) is 12.8. The van der Waals surface area contributed by atoms with Gasteiger partial charge in [0.05, 0.1) is 25.5 Å². The summed E-state index contributed by atoms with van der Waals surface area (Å²) in [6.07, 6.45) is 0.410. The SMILES string of the molecule is CC(C)(C)OC(=O)N1[C@H](COS(C)(=O)=O)COC1(C)C. The Balaban J connectivity index is 2.83. The van der Waals surface area contributed by atoms with E-state index in [-0.39, 0.29) is 13.2 Å². The van der Waals surface area contributed by atoms with Crippen LogP contribution in [0.5, 0.6) is 0 Å². The third-order valence-corrected chi connectivity index (χ3v) is 3.20. The average Bonchev–Trinajstić information content (AvgIpc) is 2.46. The average molecular weight is 309 g/mol. The summed E-state index contributed by atoms with van der Waals surface area (Å²) in [6, 6.07) is -0.505. The summed E-state index contributed by atoms with van der Waals surface area (Å²) in [6.45, 7) is 8.77. The normalized spacial score (nSPS) is 22.9. The number of hydrogen-bond donors (Lipinski definition) is 0. The van der Waals surface area contributed by atoms with E-state index in [1.807, 2.05) is 0 Å². The van der Waals surface area contributed by atoms with Crippen molar-refractivity contribution in [1.29, 1.82) is 0 Å². The largest absolute Gasteiger partial charge is 0.444 e. The van der Waals surface area contributed by atoms with Gasteiger partial charge < -0.3 is 9.47 Å². The minimum absolute atomic E-state index is 0.151. The maximum Gasteiger partial charge on any atom is 0.412 e. The molecular weight excluding hydrogens is 286 g/mol. The third-order valence-electron chi connectivity index (χ3n) is 2.64. The summed E-state index contributed by atoms with van der Waals surface area (Å²) in [5.74, 6) is 0. The van der Waals surface area contributed by atoms with Crippen molar-refractivity contribution in [3.05, 3.63) is 0 Å². The molecule has 20 heavy (non-hydrogen) atoms. The molecule has 1 aliphatic rings. The molecule has 1 atom stereocenters. The maximum atomic E-state index is 12.2. The van der Waals surface area contributed by atoms with Crippen LogP contribution in [-0.4, -0.2) is 56.2 Å². The second-order valence-electron chi connectivity index (χ2n) is 6.25. The summed E-state index contributed by atoms with van der Waals surface area (Å²) in [7, 11) is -3.57. The molecule has 7 nitrogen and oxygen atoms in total. The molecule has 1 amide bonds. The fraction of sp³-hybridized carbons (Fsp3) is 0.917. The molecule has 8 heteroatoms. The van der Waals surface area contributed by atoms with E-state index in [0.717, 1.165) is 6.26 Å². The summed E-state index contributed by atoms with van der Waals surface area (Å²) in [5.41, 5.74) is -1.51. The number of rotatable bonds is 3. The van der Waals surface area contributed by atoms with Crippen LogP contribution in [-0.2, 0) is 23.8 Å². The molecule has 0 N–H and O–H groups in total. The molecule has 0 radical (unpaired) electrons. The molecular formula is C12H23NO6S. The van der Waals surface area contributed by atoms with Gasteiger partial charge in [0.15, 0.2) is 0 Å². The Morgan fingerprint density at radius 2 is 1.95 bits per heavy atom. The first-order valence-corrected chi connectivity index (χ1v) is 8.14. The fourth-order valence-electron chi connectivity index (χ4n) is 1.89. The van der Waals surface area contributed by atoms with Gasteiger partial charge in [-0.2, -0.15) is 8.42 Å². The number of carbonyl (C=O) groups excluding carboxylic acids is 1. The molecule has 118 valence electrons. The van der Waals surface area contributed by atoms with Crippen LogP contribution in [0.3, 0.4) is 0 Å². The van der Waals surface area contributed by atoms with E-state index in [4.69, 9.17) is 13.7 Å². The number of amides is 1. The Morgan fingerprint density at radius 1 is 1.40 bits per heavy atom. The topological polar surface area (TPSA) is 82.1 Å². The van der Waals surface area contributed by atoms with Crippen molar-refractivity contribution < 1.29 is 26.9 Å². The first kappa shape index (κ1) is 17.2. The highest BCUT2D eigenvalue weighted by Gasteiger charge is 2.46. The van der Waals surface area contributed by atoms with Gasteiger partial charge in [0.25, 0.3) is 10.1 Å². The summed E-state index contributed by atoms with van der Waals surface area (Å²) >= 11 is 0. The quantitative estimate of drug-likeness (QED) is 0.732. The molecule has 0 aromatic carbocycles. The van der Waals surface area contributed by atoms with Gasteiger partial charge >= 0.3 is 6.09 Å². The van der Waals surface area contributed by atoms with Crippen molar-refractivity contribution in [3.8, 4) is 0 Å². The molecule has 1 aliphatic heterocycles. The van der Waals surface area contributed by atoms with Gasteiger partial charge in [-0.05, 0) is 34.6 Å². The Kier molecular flexibility index (Phi) is 4.72. The summed E-state index contributed by atoms with van der Waals surface area (Å²) in [4.78, 5) is 13.6. The number of hydrogen-bond acceptors (Lipinski definition) is 6. The van der Waals surface area contributed by atoms with Gasteiger partial charge in [0.1, 0.15) is 11.3 Å². The minimum Gasteiger partial charge on any atom is -0.444 e. The van der Waals surface area contributed by atoms with E-state index in [2.05, 4.69) is 0 Å². The van der Waals surface area contributed by atoms with Crippen molar-refractivity contribution in [2.45, 2.75) is 52.0 Å². The Bertz CT molecular complexity index is 465. The van der Waals surface area contributed by atoms with Crippen LogP contribution >= 0.6 is 0 Å². The lowest BCUT2D eigenvalue weighted by molar-refractivity contribution is -0.0637. The van der Waals surface area contributed by atoms with E-state index in [9.17, 15) is 13.2 Å². The van der Waals surface area contributed by atoms with Gasteiger partial charge in [0, 0.05) is 0 Å². The molecule has 0 aliphatic carbocycles. The van der Waals surface area contributed by atoms with Crippen molar-refractivity contribution in [2.75, 3.05) is 19.5 Å². The van der Waals surface area contributed by atoms with E-state index in [0.29, 0.717) is 0 Å². The van der Waals surface area contributed by atoms with Crippen LogP contribution in [0.25, 0.3) is 0 Å². The number of nitrogens with zero attached hydrogens (tertiary/aromatic N) is 1. The van der Waals surface area contributed by atoms with E-state index in [1.165, 1.54) is 4.90 Å². The first-order valence-electron chi connectivity index (χ1n) is 6.32. The lowest BCUT2D eigenvalue weighted by Gasteiger charge is -2.34. The van der Waals surface area contributed by atoms with Gasteiger partial charge in [-0.1, -0.05) is 0 Å². The minimum atomic E-state index is -3.57. The van der Waals surface area contributed by atoms with E-state index in [1.54, 1.807) is 34.6 Å². The maximum absolute atomic E-state index is 12.2. The molecule has 1 rings (SSSR count). The Hall–Kier alpha value is -0.860. The zero-order chi connectivity index (χ0) is 15.8. The van der Waals surface area contributed by atoms with Crippen LogP contribution in [0.15, 0.2) is 0 Å². The first-order chi connectivity index (χ1) is 8.82. The molecule has 0 aromatic rings. The van der Waals surface area contributed by atoms with Gasteiger partial charge in [-0.25, -0.2) is 4.79 Å². The molecule has 1 heterocycles. The van der Waals surface area contributed by atoms with Gasteiger partial charge in [-0.15, -0.1) is 0 Å². The second-order valence-corrected chi connectivity index (χ2v) is 7.89. The van der Waals surface area contributed by atoms with Gasteiger partial charge in [0.2, 0.25) is 0 Å². The molecule has 0 saturated carbocycles. The molecule has 0 bridgehead atoms. The predicted octanol–water partition coefficient (Wildman–Crippen LogP) is 1.33. The number of carbonyl (C=O) groups is 1. The van der Waals surface area contributed by atoms with Crippen molar-refractivity contribution in [2.24, 2.45) is 0 Å². The van der Waals surface area contributed by atoms with Crippen molar-refractivity contribution >= 4 is 16.2 Å².